The Bertz CT molecular complexity index is 347. The Morgan fingerprint density at radius 3 is 2.53 bits per heavy atom. The van der Waals surface area contributed by atoms with Crippen molar-refractivity contribution in [3.05, 3.63) is 5.89 Å². The molecular weight excluding hydrogens is 238 g/mol. The third kappa shape index (κ3) is 2.92. The third-order valence-electron chi connectivity index (χ3n) is 3.81. The Labute approximate surface area is 107 Å². The van der Waals surface area contributed by atoms with Crippen molar-refractivity contribution in [2.45, 2.75) is 50.9 Å². The second-order valence-electron chi connectivity index (χ2n) is 4.81. The van der Waals surface area contributed by atoms with Gasteiger partial charge >= 0.3 is 6.01 Å². The van der Waals surface area contributed by atoms with Crippen molar-refractivity contribution in [2.24, 2.45) is 5.92 Å². The largest absolute Gasteiger partial charge is 0.407 e. The van der Waals surface area contributed by atoms with Crippen LogP contribution in [0.2, 0.25) is 0 Å². The molecular formula is C12H20ClN3O. The summed E-state index contributed by atoms with van der Waals surface area (Å²) in [5, 5.41) is 7.92. The van der Waals surface area contributed by atoms with Crippen molar-refractivity contribution in [2.75, 3.05) is 11.9 Å². The fourth-order valence-corrected chi connectivity index (χ4v) is 2.65. The van der Waals surface area contributed by atoms with Crippen molar-refractivity contribution in [1.29, 1.82) is 0 Å². The Balaban J connectivity index is 1.94. The molecule has 1 saturated carbocycles. The van der Waals surface area contributed by atoms with Crippen molar-refractivity contribution in [3.8, 4) is 0 Å². The Hall–Kier alpha value is -0.770. The van der Waals surface area contributed by atoms with E-state index < -0.39 is 0 Å². The highest BCUT2D eigenvalue weighted by Gasteiger charge is 2.25. The molecule has 1 aromatic heterocycles. The number of halogens is 1. The Morgan fingerprint density at radius 2 is 2.00 bits per heavy atom. The van der Waals surface area contributed by atoms with Crippen LogP contribution in [0.15, 0.2) is 4.42 Å². The molecule has 0 atom stereocenters. The lowest BCUT2D eigenvalue weighted by Gasteiger charge is -2.33. The molecule has 0 aliphatic heterocycles. The van der Waals surface area contributed by atoms with E-state index in [1.165, 1.54) is 32.1 Å². The number of aromatic nitrogens is 2. The second-order valence-corrected chi connectivity index (χ2v) is 5.07. The molecule has 0 spiro atoms. The van der Waals surface area contributed by atoms with Crippen LogP contribution in [0, 0.1) is 5.92 Å². The van der Waals surface area contributed by atoms with E-state index in [-0.39, 0.29) is 5.88 Å². The van der Waals surface area contributed by atoms with Gasteiger partial charge < -0.3 is 9.32 Å². The zero-order valence-electron chi connectivity index (χ0n) is 10.5. The molecule has 0 saturated heterocycles. The van der Waals surface area contributed by atoms with E-state index in [2.05, 4.69) is 22.0 Å². The molecule has 1 aliphatic carbocycles. The topological polar surface area (TPSA) is 42.2 Å². The van der Waals surface area contributed by atoms with Crippen LogP contribution < -0.4 is 4.90 Å². The molecule has 4 nitrogen and oxygen atoms in total. The van der Waals surface area contributed by atoms with E-state index in [9.17, 15) is 0 Å². The average Bonchev–Trinajstić information content (AvgIpc) is 2.87. The maximum atomic E-state index is 5.65. The van der Waals surface area contributed by atoms with Crippen LogP contribution in [-0.4, -0.2) is 23.3 Å². The number of hydrogen-bond acceptors (Lipinski definition) is 4. The molecule has 1 fully saturated rings. The van der Waals surface area contributed by atoms with Gasteiger partial charge in [0.2, 0.25) is 5.89 Å². The third-order valence-corrected chi connectivity index (χ3v) is 4.04. The smallest absolute Gasteiger partial charge is 0.318 e. The van der Waals surface area contributed by atoms with Gasteiger partial charge in [0.25, 0.3) is 0 Å². The van der Waals surface area contributed by atoms with Crippen LogP contribution in [0.5, 0.6) is 0 Å². The summed E-state index contributed by atoms with van der Waals surface area (Å²) in [5.41, 5.74) is 0. The summed E-state index contributed by atoms with van der Waals surface area (Å²) in [6.45, 7) is 2.28. The van der Waals surface area contributed by atoms with Gasteiger partial charge in [-0.15, -0.1) is 16.7 Å². The molecule has 1 heterocycles. The highest BCUT2D eigenvalue weighted by atomic mass is 35.5. The predicted octanol–water partition coefficient (Wildman–Crippen LogP) is 3.21. The van der Waals surface area contributed by atoms with Gasteiger partial charge in [0, 0.05) is 13.1 Å². The normalized spacial score (nSPS) is 24.9. The molecule has 5 heteroatoms. The minimum absolute atomic E-state index is 0.281. The first-order valence-electron chi connectivity index (χ1n) is 6.35. The lowest BCUT2D eigenvalue weighted by Crippen LogP contribution is -2.35. The standard InChI is InChI=1S/C12H20ClN3O/c1-3-9-4-6-10(7-5-9)16(2)12-15-14-11(8-13)17-12/h9-10H,3-8H2,1-2H3. The van der Waals surface area contributed by atoms with Crippen LogP contribution in [-0.2, 0) is 5.88 Å². The molecule has 0 radical (unpaired) electrons. The second kappa shape index (κ2) is 5.71. The zero-order valence-corrected chi connectivity index (χ0v) is 11.3. The van der Waals surface area contributed by atoms with Crippen molar-refractivity contribution >= 4 is 17.6 Å². The number of hydrogen-bond donors (Lipinski definition) is 0. The van der Waals surface area contributed by atoms with E-state index in [0.717, 1.165) is 5.92 Å². The highest BCUT2D eigenvalue weighted by molar-refractivity contribution is 6.16. The van der Waals surface area contributed by atoms with Crippen LogP contribution in [0.25, 0.3) is 0 Å². The fourth-order valence-electron chi connectivity index (χ4n) is 2.54. The highest BCUT2D eigenvalue weighted by Crippen LogP contribution is 2.30. The quantitative estimate of drug-likeness (QED) is 0.777. The zero-order chi connectivity index (χ0) is 12.3. The Morgan fingerprint density at radius 1 is 1.29 bits per heavy atom. The summed E-state index contributed by atoms with van der Waals surface area (Å²) >= 11 is 5.65. The van der Waals surface area contributed by atoms with E-state index in [4.69, 9.17) is 16.0 Å². The average molecular weight is 258 g/mol. The fraction of sp³-hybridized carbons (Fsp3) is 0.833. The monoisotopic (exact) mass is 257 g/mol. The number of rotatable bonds is 4. The van der Waals surface area contributed by atoms with E-state index >= 15 is 0 Å². The molecule has 0 N–H and O–H groups in total. The molecule has 0 amide bonds. The van der Waals surface area contributed by atoms with Crippen LogP contribution in [0.4, 0.5) is 6.01 Å². The van der Waals surface area contributed by atoms with E-state index in [1.807, 2.05) is 7.05 Å². The van der Waals surface area contributed by atoms with Crippen LogP contribution in [0.3, 0.4) is 0 Å². The molecule has 17 heavy (non-hydrogen) atoms. The van der Waals surface area contributed by atoms with Gasteiger partial charge in [-0.3, -0.25) is 0 Å². The summed E-state index contributed by atoms with van der Waals surface area (Å²) in [6, 6.07) is 1.13. The van der Waals surface area contributed by atoms with Crippen molar-refractivity contribution < 1.29 is 4.42 Å². The predicted molar refractivity (Wildman–Crippen MR) is 68.3 cm³/mol. The summed E-state index contributed by atoms with van der Waals surface area (Å²) < 4.78 is 5.47. The minimum atomic E-state index is 0.281. The number of nitrogens with zero attached hydrogens (tertiary/aromatic N) is 3. The van der Waals surface area contributed by atoms with Gasteiger partial charge in [-0.25, -0.2) is 0 Å². The van der Waals surface area contributed by atoms with Gasteiger partial charge in [0.1, 0.15) is 5.88 Å². The molecule has 96 valence electrons. The maximum Gasteiger partial charge on any atom is 0.318 e. The lowest BCUT2D eigenvalue weighted by atomic mass is 9.84. The van der Waals surface area contributed by atoms with E-state index in [0.29, 0.717) is 17.9 Å². The van der Waals surface area contributed by atoms with Crippen LogP contribution >= 0.6 is 11.6 Å². The van der Waals surface area contributed by atoms with Gasteiger partial charge in [0.05, 0.1) is 0 Å². The number of anilines is 1. The van der Waals surface area contributed by atoms with Gasteiger partial charge in [-0.1, -0.05) is 18.4 Å². The first-order chi connectivity index (χ1) is 8.24. The Kier molecular flexibility index (Phi) is 4.26. The SMILES string of the molecule is CCC1CCC(N(C)c2nnc(CCl)o2)CC1. The van der Waals surface area contributed by atoms with Gasteiger partial charge in [-0.2, -0.15) is 0 Å². The lowest BCUT2D eigenvalue weighted by molar-refractivity contribution is 0.306. The summed E-state index contributed by atoms with van der Waals surface area (Å²) in [7, 11) is 2.03. The van der Waals surface area contributed by atoms with Crippen LogP contribution in [0.1, 0.15) is 44.9 Å². The summed E-state index contributed by atoms with van der Waals surface area (Å²) in [4.78, 5) is 2.11. The van der Waals surface area contributed by atoms with Gasteiger partial charge in [0.15, 0.2) is 0 Å². The van der Waals surface area contributed by atoms with E-state index in [1.54, 1.807) is 0 Å². The summed E-state index contributed by atoms with van der Waals surface area (Å²) in [6.07, 6.45) is 6.35. The van der Waals surface area contributed by atoms with Crippen molar-refractivity contribution in [1.82, 2.24) is 10.2 Å². The summed E-state index contributed by atoms with van der Waals surface area (Å²) in [5.74, 6) is 1.68. The maximum absolute atomic E-state index is 5.65. The van der Waals surface area contributed by atoms with Gasteiger partial charge in [-0.05, 0) is 31.6 Å². The molecule has 0 bridgehead atoms. The molecule has 1 aromatic rings. The van der Waals surface area contributed by atoms with Crippen molar-refractivity contribution in [3.63, 3.8) is 0 Å². The molecule has 2 rings (SSSR count). The number of alkyl halides is 1. The minimum Gasteiger partial charge on any atom is -0.407 e. The first kappa shape index (κ1) is 12.7. The molecule has 1 aliphatic rings. The molecule has 0 unspecified atom stereocenters. The first-order valence-corrected chi connectivity index (χ1v) is 6.89. The molecule has 0 aromatic carbocycles.